The molecule has 60 heavy (non-hydrogen) atoms. The van der Waals surface area contributed by atoms with E-state index in [2.05, 4.69) is 199 Å². The molecule has 0 aliphatic carbocycles. The van der Waals surface area contributed by atoms with Crippen molar-refractivity contribution in [1.29, 1.82) is 0 Å². The predicted octanol–water partition coefficient (Wildman–Crippen LogP) is 16.7. The fourth-order valence-corrected chi connectivity index (χ4v) is 10.7. The minimum Gasteiger partial charge on any atom is -0.455 e. The van der Waals surface area contributed by atoms with Crippen molar-refractivity contribution in [3.63, 3.8) is 0 Å². The minimum atomic E-state index is 0.905. The number of thiazole rings is 1. The Morgan fingerprint density at radius 1 is 0.383 bits per heavy atom. The molecule has 0 spiro atoms. The second-order valence-corrected chi connectivity index (χ2v) is 17.2. The first-order valence-electron chi connectivity index (χ1n) is 20.1. The van der Waals surface area contributed by atoms with Gasteiger partial charge in [0, 0.05) is 59.1 Å². The monoisotopic (exact) mass is 802 g/mol. The van der Waals surface area contributed by atoms with E-state index < -0.39 is 0 Å². The fraction of sp³-hybridized carbons (Fsp3) is 0. The zero-order chi connectivity index (χ0) is 39.6. The van der Waals surface area contributed by atoms with Gasteiger partial charge in [-0.05, 0) is 94.5 Å². The van der Waals surface area contributed by atoms with Gasteiger partial charge in [-0.2, -0.15) is 0 Å². The molecule has 12 rings (SSSR count). The first kappa shape index (κ1) is 34.7. The standard InChI is InChI=1S/C55H34N2OS2/c1-3-10-35(11-4-1)36-18-25-41(26-19-36)57(43-29-22-38(23-30-43)44-15-9-16-46-45-14-7-8-17-48(45)58-54(44)46)42-27-20-37(21-28-42)40-24-31-49-47(34-40)52-50(59-49)32-33-51-53(52)56-55(60-51)39-12-5-2-6-13-39/h1-34H. The third kappa shape index (κ3) is 5.90. The lowest BCUT2D eigenvalue weighted by Crippen LogP contribution is -2.09. The molecule has 9 aromatic carbocycles. The maximum Gasteiger partial charge on any atom is 0.143 e. The third-order valence-corrected chi connectivity index (χ3v) is 13.8. The molecule has 3 aromatic heterocycles. The Morgan fingerprint density at radius 2 is 0.933 bits per heavy atom. The number of benzene rings is 9. The van der Waals surface area contributed by atoms with E-state index in [-0.39, 0.29) is 0 Å². The second-order valence-electron chi connectivity index (χ2n) is 15.1. The summed E-state index contributed by atoms with van der Waals surface area (Å²) < 4.78 is 10.2. The van der Waals surface area contributed by atoms with Crippen molar-refractivity contribution in [2.24, 2.45) is 0 Å². The molecular formula is C55H34N2OS2. The fourth-order valence-electron chi connectivity index (χ4n) is 8.59. The second kappa shape index (κ2) is 14.2. The lowest BCUT2D eigenvalue weighted by Gasteiger charge is -2.26. The molecule has 3 nitrogen and oxygen atoms in total. The van der Waals surface area contributed by atoms with Crippen LogP contribution in [-0.2, 0) is 0 Å². The van der Waals surface area contributed by atoms with Crippen LogP contribution in [0.5, 0.6) is 0 Å². The molecule has 0 N–H and O–H groups in total. The molecule has 5 heteroatoms. The number of aromatic nitrogens is 1. The zero-order valence-electron chi connectivity index (χ0n) is 32.2. The summed E-state index contributed by atoms with van der Waals surface area (Å²) in [6.45, 7) is 0. The van der Waals surface area contributed by atoms with Gasteiger partial charge in [0.2, 0.25) is 0 Å². The number of nitrogens with zero attached hydrogens (tertiary/aromatic N) is 2. The summed E-state index contributed by atoms with van der Waals surface area (Å²) in [4.78, 5) is 7.54. The summed E-state index contributed by atoms with van der Waals surface area (Å²) in [5.74, 6) is 0. The van der Waals surface area contributed by atoms with Gasteiger partial charge in [-0.3, -0.25) is 0 Å². The molecular weight excluding hydrogens is 769 g/mol. The highest BCUT2D eigenvalue weighted by atomic mass is 32.1. The molecule has 0 amide bonds. The van der Waals surface area contributed by atoms with Gasteiger partial charge in [0.1, 0.15) is 16.2 Å². The van der Waals surface area contributed by atoms with Gasteiger partial charge in [-0.15, -0.1) is 22.7 Å². The van der Waals surface area contributed by atoms with Crippen LogP contribution in [0.15, 0.2) is 211 Å². The average Bonchev–Trinajstić information content (AvgIpc) is 4.04. The predicted molar refractivity (Wildman–Crippen MR) is 256 cm³/mol. The van der Waals surface area contributed by atoms with E-state index in [1.165, 1.54) is 47.1 Å². The molecule has 0 aliphatic rings. The Kier molecular flexibility index (Phi) is 8.22. The average molecular weight is 803 g/mol. The molecule has 282 valence electrons. The maximum atomic E-state index is 6.41. The Bertz CT molecular complexity index is 3510. The molecule has 0 fully saturated rings. The van der Waals surface area contributed by atoms with Crippen LogP contribution in [0.1, 0.15) is 0 Å². The molecule has 0 atom stereocenters. The number of furan rings is 1. The zero-order valence-corrected chi connectivity index (χ0v) is 33.9. The van der Waals surface area contributed by atoms with Crippen LogP contribution in [0.3, 0.4) is 0 Å². The van der Waals surface area contributed by atoms with E-state index in [0.717, 1.165) is 66.2 Å². The van der Waals surface area contributed by atoms with Crippen molar-refractivity contribution in [1.82, 2.24) is 4.98 Å². The van der Waals surface area contributed by atoms with Gasteiger partial charge in [0.25, 0.3) is 0 Å². The Morgan fingerprint density at radius 3 is 1.65 bits per heavy atom. The van der Waals surface area contributed by atoms with Gasteiger partial charge in [-0.25, -0.2) is 4.98 Å². The van der Waals surface area contributed by atoms with Crippen LogP contribution in [-0.4, -0.2) is 4.98 Å². The molecule has 0 saturated heterocycles. The van der Waals surface area contributed by atoms with E-state index >= 15 is 0 Å². The Hall–Kier alpha value is -7.31. The van der Waals surface area contributed by atoms with E-state index in [1.807, 2.05) is 23.5 Å². The highest BCUT2D eigenvalue weighted by molar-refractivity contribution is 7.26. The van der Waals surface area contributed by atoms with E-state index in [0.29, 0.717) is 0 Å². The van der Waals surface area contributed by atoms with Crippen LogP contribution < -0.4 is 4.90 Å². The third-order valence-electron chi connectivity index (χ3n) is 11.5. The largest absolute Gasteiger partial charge is 0.455 e. The van der Waals surface area contributed by atoms with Crippen LogP contribution in [0.2, 0.25) is 0 Å². The first-order chi connectivity index (χ1) is 29.7. The summed E-state index contributed by atoms with van der Waals surface area (Å²) in [6, 6.07) is 73.8. The number of thiophene rings is 1. The Balaban J connectivity index is 0.926. The van der Waals surface area contributed by atoms with Crippen molar-refractivity contribution < 1.29 is 4.42 Å². The van der Waals surface area contributed by atoms with Crippen molar-refractivity contribution >= 4 is 92.1 Å². The van der Waals surface area contributed by atoms with Gasteiger partial charge >= 0.3 is 0 Å². The van der Waals surface area contributed by atoms with Crippen molar-refractivity contribution in [2.75, 3.05) is 4.90 Å². The highest BCUT2D eigenvalue weighted by Gasteiger charge is 2.18. The summed E-state index contributed by atoms with van der Waals surface area (Å²) in [5, 5.41) is 5.83. The highest BCUT2D eigenvalue weighted by Crippen LogP contribution is 2.44. The lowest BCUT2D eigenvalue weighted by atomic mass is 10.0. The van der Waals surface area contributed by atoms with Gasteiger partial charge in [-0.1, -0.05) is 140 Å². The molecule has 0 radical (unpaired) electrons. The van der Waals surface area contributed by atoms with E-state index in [1.54, 1.807) is 11.3 Å². The maximum absolute atomic E-state index is 6.41. The van der Waals surface area contributed by atoms with E-state index in [9.17, 15) is 0 Å². The molecule has 12 aromatic rings. The normalized spacial score (nSPS) is 11.7. The van der Waals surface area contributed by atoms with E-state index in [4.69, 9.17) is 9.40 Å². The summed E-state index contributed by atoms with van der Waals surface area (Å²) >= 11 is 3.60. The number of rotatable bonds is 7. The number of anilines is 3. The van der Waals surface area contributed by atoms with Crippen molar-refractivity contribution in [3.05, 3.63) is 206 Å². The van der Waals surface area contributed by atoms with Gasteiger partial charge < -0.3 is 9.32 Å². The van der Waals surface area contributed by atoms with Crippen molar-refractivity contribution in [2.45, 2.75) is 0 Å². The Labute approximate surface area is 354 Å². The molecule has 0 saturated carbocycles. The van der Waals surface area contributed by atoms with Crippen LogP contribution >= 0.6 is 22.7 Å². The topological polar surface area (TPSA) is 29.3 Å². The number of hydrogen-bond donors (Lipinski definition) is 0. The molecule has 3 heterocycles. The van der Waals surface area contributed by atoms with Crippen molar-refractivity contribution in [3.8, 4) is 44.0 Å². The first-order valence-corrected chi connectivity index (χ1v) is 21.7. The number of fused-ring (bicyclic) bond motifs is 8. The van der Waals surface area contributed by atoms with Gasteiger partial charge in [0.15, 0.2) is 0 Å². The smallest absolute Gasteiger partial charge is 0.143 e. The lowest BCUT2D eigenvalue weighted by molar-refractivity contribution is 0.670. The van der Waals surface area contributed by atoms with Crippen LogP contribution in [0, 0.1) is 0 Å². The quantitative estimate of drug-likeness (QED) is 0.161. The summed E-state index contributed by atoms with van der Waals surface area (Å²) in [6.07, 6.45) is 0. The number of hydrogen-bond acceptors (Lipinski definition) is 5. The molecule has 0 unspecified atom stereocenters. The number of para-hydroxylation sites is 2. The SMILES string of the molecule is c1ccc(-c2ccc(N(c3ccc(-c4ccc5sc6ccc7sc(-c8ccccc8)nc7c6c5c4)cc3)c3ccc(-c4cccc5c4oc4ccccc45)cc3)cc2)cc1. The molecule has 0 aliphatic heterocycles. The molecule has 0 bridgehead atoms. The summed E-state index contributed by atoms with van der Waals surface area (Å²) in [5.41, 5.74) is 14.2. The van der Waals surface area contributed by atoms with Crippen LogP contribution in [0.25, 0.3) is 96.3 Å². The summed E-state index contributed by atoms with van der Waals surface area (Å²) in [7, 11) is 0. The minimum absolute atomic E-state index is 0.905. The van der Waals surface area contributed by atoms with Gasteiger partial charge in [0.05, 0.1) is 10.2 Å². The van der Waals surface area contributed by atoms with Crippen LogP contribution in [0.4, 0.5) is 17.1 Å².